The minimum atomic E-state index is 0.0737. The van der Waals surface area contributed by atoms with Gasteiger partial charge in [-0.3, -0.25) is 4.79 Å². The van der Waals surface area contributed by atoms with E-state index in [1.54, 1.807) is 0 Å². The van der Waals surface area contributed by atoms with Gasteiger partial charge in [-0.25, -0.2) is 0 Å². The molecule has 0 saturated carbocycles. The van der Waals surface area contributed by atoms with Crippen LogP contribution in [0.2, 0.25) is 0 Å². The van der Waals surface area contributed by atoms with Gasteiger partial charge in [-0.05, 0) is 44.9 Å². The van der Waals surface area contributed by atoms with E-state index in [0.717, 1.165) is 18.4 Å². The Bertz CT molecular complexity index is 417. The maximum absolute atomic E-state index is 12.1. The van der Waals surface area contributed by atoms with Crippen LogP contribution in [-0.2, 0) is 0 Å². The molecule has 2 bridgehead atoms. The topological polar surface area (TPSA) is 32.3 Å². The van der Waals surface area contributed by atoms with E-state index in [1.165, 1.54) is 12.8 Å². The summed E-state index contributed by atoms with van der Waals surface area (Å²) in [7, 11) is 2.22. The van der Waals surface area contributed by atoms with Crippen molar-refractivity contribution in [2.45, 2.75) is 43.8 Å². The summed E-state index contributed by atoms with van der Waals surface area (Å²) in [5, 5.41) is 3.19. The molecule has 1 unspecified atom stereocenters. The predicted molar refractivity (Wildman–Crippen MR) is 71.5 cm³/mol. The smallest absolute Gasteiger partial charge is 0.251 e. The third kappa shape index (κ3) is 2.15. The summed E-state index contributed by atoms with van der Waals surface area (Å²) >= 11 is 0. The van der Waals surface area contributed by atoms with Crippen molar-refractivity contribution in [1.82, 2.24) is 10.2 Å². The maximum atomic E-state index is 12.1. The van der Waals surface area contributed by atoms with Gasteiger partial charge in [0.1, 0.15) is 0 Å². The second-order valence-electron chi connectivity index (χ2n) is 5.56. The summed E-state index contributed by atoms with van der Waals surface area (Å²) in [4.78, 5) is 14.6. The zero-order valence-electron chi connectivity index (χ0n) is 10.8. The Morgan fingerprint density at radius 1 is 1.17 bits per heavy atom. The Balaban J connectivity index is 1.63. The van der Waals surface area contributed by atoms with Crippen molar-refractivity contribution in [2.75, 3.05) is 7.05 Å². The van der Waals surface area contributed by atoms with Gasteiger partial charge >= 0.3 is 0 Å². The molecule has 3 nitrogen and oxygen atoms in total. The minimum absolute atomic E-state index is 0.0737. The van der Waals surface area contributed by atoms with Crippen molar-refractivity contribution in [1.29, 1.82) is 0 Å². The van der Waals surface area contributed by atoms with Crippen LogP contribution in [0.3, 0.4) is 0 Å². The second kappa shape index (κ2) is 4.73. The second-order valence-corrected chi connectivity index (χ2v) is 5.56. The van der Waals surface area contributed by atoms with Crippen LogP contribution in [0.5, 0.6) is 0 Å². The molecule has 18 heavy (non-hydrogen) atoms. The number of benzene rings is 1. The molecule has 2 saturated heterocycles. The SMILES string of the molecule is CN1[C@@H]2CC[C@H]1CC(NC(=O)c1ccccc1)C2. The highest BCUT2D eigenvalue weighted by molar-refractivity contribution is 5.94. The predicted octanol–water partition coefficient (Wildman–Crippen LogP) is 2.04. The van der Waals surface area contributed by atoms with Crippen LogP contribution in [0.15, 0.2) is 30.3 Å². The highest BCUT2D eigenvalue weighted by Crippen LogP contribution is 2.34. The molecule has 0 aliphatic carbocycles. The molecule has 2 fully saturated rings. The first-order chi connectivity index (χ1) is 8.74. The molecule has 3 rings (SSSR count). The molecule has 3 heteroatoms. The van der Waals surface area contributed by atoms with E-state index in [2.05, 4.69) is 17.3 Å². The average molecular weight is 244 g/mol. The third-order valence-corrected chi connectivity index (χ3v) is 4.47. The van der Waals surface area contributed by atoms with Crippen LogP contribution in [-0.4, -0.2) is 36.0 Å². The highest BCUT2D eigenvalue weighted by atomic mass is 16.1. The van der Waals surface area contributed by atoms with E-state index in [9.17, 15) is 4.79 Å². The first-order valence-corrected chi connectivity index (χ1v) is 6.82. The molecule has 0 spiro atoms. The van der Waals surface area contributed by atoms with E-state index in [4.69, 9.17) is 0 Å². The van der Waals surface area contributed by atoms with E-state index in [1.807, 2.05) is 30.3 Å². The number of hydrogen-bond acceptors (Lipinski definition) is 2. The van der Waals surface area contributed by atoms with Gasteiger partial charge in [0.2, 0.25) is 0 Å². The first kappa shape index (κ1) is 11.7. The molecule has 1 amide bonds. The summed E-state index contributed by atoms with van der Waals surface area (Å²) in [6, 6.07) is 11.2. The molecule has 2 aliphatic heterocycles. The maximum Gasteiger partial charge on any atom is 0.251 e. The number of fused-ring (bicyclic) bond motifs is 2. The van der Waals surface area contributed by atoms with Gasteiger partial charge in [0.15, 0.2) is 0 Å². The van der Waals surface area contributed by atoms with Gasteiger partial charge in [0, 0.05) is 23.7 Å². The highest BCUT2D eigenvalue weighted by Gasteiger charge is 2.38. The summed E-state index contributed by atoms with van der Waals surface area (Å²) in [6.07, 6.45) is 4.79. The van der Waals surface area contributed by atoms with E-state index in [0.29, 0.717) is 18.1 Å². The molecule has 0 radical (unpaired) electrons. The number of carbonyl (C=O) groups excluding carboxylic acids is 1. The van der Waals surface area contributed by atoms with Gasteiger partial charge in [0.05, 0.1) is 0 Å². The number of hydrogen-bond donors (Lipinski definition) is 1. The number of nitrogens with one attached hydrogen (secondary N) is 1. The van der Waals surface area contributed by atoms with Crippen molar-refractivity contribution in [3.05, 3.63) is 35.9 Å². The van der Waals surface area contributed by atoms with Crippen LogP contribution in [0, 0.1) is 0 Å². The monoisotopic (exact) mass is 244 g/mol. The van der Waals surface area contributed by atoms with Crippen molar-refractivity contribution in [3.8, 4) is 0 Å². The van der Waals surface area contributed by atoms with Crippen LogP contribution < -0.4 is 5.32 Å². The van der Waals surface area contributed by atoms with Crippen molar-refractivity contribution >= 4 is 5.91 Å². The largest absolute Gasteiger partial charge is 0.349 e. The van der Waals surface area contributed by atoms with Gasteiger partial charge < -0.3 is 10.2 Å². The lowest BCUT2D eigenvalue weighted by Gasteiger charge is -2.36. The van der Waals surface area contributed by atoms with Gasteiger partial charge in [0.25, 0.3) is 5.91 Å². The van der Waals surface area contributed by atoms with E-state index < -0.39 is 0 Å². The molecule has 96 valence electrons. The lowest BCUT2D eigenvalue weighted by Crippen LogP contribution is -2.48. The molecular weight excluding hydrogens is 224 g/mol. The van der Waals surface area contributed by atoms with Crippen LogP contribution in [0.25, 0.3) is 0 Å². The Labute approximate surface area is 108 Å². The van der Waals surface area contributed by atoms with E-state index in [-0.39, 0.29) is 5.91 Å². The lowest BCUT2D eigenvalue weighted by molar-refractivity contribution is 0.0882. The number of rotatable bonds is 2. The molecule has 2 aliphatic rings. The fourth-order valence-electron chi connectivity index (χ4n) is 3.39. The quantitative estimate of drug-likeness (QED) is 0.863. The van der Waals surface area contributed by atoms with Crippen molar-refractivity contribution in [2.24, 2.45) is 0 Å². The standard InChI is InChI=1S/C15H20N2O/c1-17-13-7-8-14(17)10-12(9-13)16-15(18)11-5-3-2-4-6-11/h2-6,12-14H,7-10H2,1H3,(H,16,18)/t12?,13-,14+. The average Bonchev–Trinajstić information content (AvgIpc) is 2.63. The van der Waals surface area contributed by atoms with Crippen LogP contribution >= 0.6 is 0 Å². The molecule has 0 aromatic heterocycles. The third-order valence-electron chi connectivity index (χ3n) is 4.47. The fraction of sp³-hybridized carbons (Fsp3) is 0.533. The summed E-state index contributed by atoms with van der Waals surface area (Å²) in [6.45, 7) is 0. The Hall–Kier alpha value is -1.35. The van der Waals surface area contributed by atoms with Gasteiger partial charge in [-0.2, -0.15) is 0 Å². The molecule has 2 heterocycles. The Morgan fingerprint density at radius 3 is 2.39 bits per heavy atom. The van der Waals surface area contributed by atoms with E-state index >= 15 is 0 Å². The molecular formula is C15H20N2O. The minimum Gasteiger partial charge on any atom is -0.349 e. The van der Waals surface area contributed by atoms with Crippen molar-refractivity contribution in [3.63, 3.8) is 0 Å². The van der Waals surface area contributed by atoms with Crippen molar-refractivity contribution < 1.29 is 4.79 Å². The molecule has 1 N–H and O–H groups in total. The first-order valence-electron chi connectivity index (χ1n) is 6.82. The van der Waals surface area contributed by atoms with Crippen LogP contribution in [0.4, 0.5) is 0 Å². The summed E-state index contributed by atoms with van der Waals surface area (Å²) in [5.41, 5.74) is 0.767. The Morgan fingerprint density at radius 2 is 1.78 bits per heavy atom. The lowest BCUT2D eigenvalue weighted by atomic mass is 9.97. The number of amides is 1. The Kier molecular flexibility index (Phi) is 3.08. The van der Waals surface area contributed by atoms with Crippen LogP contribution in [0.1, 0.15) is 36.0 Å². The number of nitrogens with zero attached hydrogens (tertiary/aromatic N) is 1. The fourth-order valence-corrected chi connectivity index (χ4v) is 3.39. The number of carbonyl (C=O) groups is 1. The zero-order chi connectivity index (χ0) is 12.5. The summed E-state index contributed by atoms with van der Waals surface area (Å²) < 4.78 is 0. The number of piperidine rings is 1. The molecule has 1 aromatic carbocycles. The normalized spacial score (nSPS) is 31.3. The van der Waals surface area contributed by atoms with Gasteiger partial charge in [-0.15, -0.1) is 0 Å². The molecule has 1 aromatic rings. The summed E-state index contributed by atoms with van der Waals surface area (Å²) in [5.74, 6) is 0.0737. The zero-order valence-corrected chi connectivity index (χ0v) is 10.8. The molecule has 3 atom stereocenters. The van der Waals surface area contributed by atoms with Gasteiger partial charge in [-0.1, -0.05) is 18.2 Å².